The maximum atomic E-state index is 6.15. The van der Waals surface area contributed by atoms with Crippen LogP contribution in [0.1, 0.15) is 24.0 Å². The van der Waals surface area contributed by atoms with E-state index in [4.69, 9.17) is 23.2 Å². The fourth-order valence-electron chi connectivity index (χ4n) is 3.81. The summed E-state index contributed by atoms with van der Waals surface area (Å²) < 4.78 is 0. The van der Waals surface area contributed by atoms with Gasteiger partial charge in [0.25, 0.3) is 0 Å². The highest BCUT2D eigenvalue weighted by Crippen LogP contribution is 2.26. The van der Waals surface area contributed by atoms with E-state index in [0.717, 1.165) is 31.6 Å². The summed E-state index contributed by atoms with van der Waals surface area (Å²) >= 11 is 12.2. The van der Waals surface area contributed by atoms with Gasteiger partial charge in [-0.15, -0.1) is 0 Å². The SMILES string of the molecule is Clc1ccc(CN2CCC[C@@H](Cc3ccc4[nH]ncc4c3)C2)cc1Cl. The third kappa shape index (κ3) is 4.00. The van der Waals surface area contributed by atoms with E-state index in [9.17, 15) is 0 Å². The van der Waals surface area contributed by atoms with Gasteiger partial charge in [-0.3, -0.25) is 10.00 Å². The molecule has 3 nitrogen and oxygen atoms in total. The molecule has 0 bridgehead atoms. The van der Waals surface area contributed by atoms with Crippen molar-refractivity contribution < 1.29 is 0 Å². The van der Waals surface area contributed by atoms with Gasteiger partial charge < -0.3 is 0 Å². The number of piperidine rings is 1. The van der Waals surface area contributed by atoms with Gasteiger partial charge in [0.2, 0.25) is 0 Å². The summed E-state index contributed by atoms with van der Waals surface area (Å²) in [5, 5.41) is 9.58. The first-order valence-corrected chi connectivity index (χ1v) is 9.51. The Labute approximate surface area is 157 Å². The maximum absolute atomic E-state index is 6.15. The number of likely N-dealkylation sites (tertiary alicyclic amines) is 1. The minimum Gasteiger partial charge on any atom is -0.299 e. The van der Waals surface area contributed by atoms with Crippen molar-refractivity contribution in [3.05, 3.63) is 63.8 Å². The van der Waals surface area contributed by atoms with E-state index in [2.05, 4.69) is 39.4 Å². The molecule has 5 heteroatoms. The molecule has 0 radical (unpaired) electrons. The van der Waals surface area contributed by atoms with Crippen LogP contribution in [0.25, 0.3) is 10.9 Å². The Balaban J connectivity index is 1.40. The predicted molar refractivity (Wildman–Crippen MR) is 104 cm³/mol. The molecule has 0 spiro atoms. The number of rotatable bonds is 4. The fourth-order valence-corrected chi connectivity index (χ4v) is 4.13. The van der Waals surface area contributed by atoms with Crippen molar-refractivity contribution in [1.82, 2.24) is 15.1 Å². The Morgan fingerprint density at radius 3 is 2.84 bits per heavy atom. The van der Waals surface area contributed by atoms with Gasteiger partial charge in [0.15, 0.2) is 0 Å². The molecular weight excluding hydrogens is 353 g/mol. The summed E-state index contributed by atoms with van der Waals surface area (Å²) in [4.78, 5) is 2.53. The van der Waals surface area contributed by atoms with Crippen molar-refractivity contribution in [2.75, 3.05) is 13.1 Å². The normalized spacial score (nSPS) is 18.7. The molecule has 130 valence electrons. The van der Waals surface area contributed by atoms with Crippen molar-refractivity contribution in [2.24, 2.45) is 5.92 Å². The smallest absolute Gasteiger partial charge is 0.0650 e. The van der Waals surface area contributed by atoms with Crippen LogP contribution in [0.15, 0.2) is 42.6 Å². The molecule has 25 heavy (non-hydrogen) atoms. The summed E-state index contributed by atoms with van der Waals surface area (Å²) in [6.45, 7) is 3.22. The molecule has 2 heterocycles. The van der Waals surface area contributed by atoms with E-state index in [1.165, 1.54) is 29.4 Å². The topological polar surface area (TPSA) is 31.9 Å². The van der Waals surface area contributed by atoms with Crippen LogP contribution in [0.2, 0.25) is 10.0 Å². The van der Waals surface area contributed by atoms with E-state index in [1.54, 1.807) is 0 Å². The molecule has 1 N–H and O–H groups in total. The lowest BCUT2D eigenvalue weighted by Crippen LogP contribution is -2.35. The van der Waals surface area contributed by atoms with Gasteiger partial charge in [0.1, 0.15) is 0 Å². The van der Waals surface area contributed by atoms with Crippen molar-refractivity contribution >= 4 is 34.1 Å². The number of halogens is 2. The molecule has 4 rings (SSSR count). The highest BCUT2D eigenvalue weighted by molar-refractivity contribution is 6.42. The number of aromatic nitrogens is 2. The monoisotopic (exact) mass is 373 g/mol. The van der Waals surface area contributed by atoms with Gasteiger partial charge in [0.05, 0.1) is 21.8 Å². The Morgan fingerprint density at radius 1 is 1.08 bits per heavy atom. The Morgan fingerprint density at radius 2 is 1.96 bits per heavy atom. The number of nitrogens with one attached hydrogen (secondary N) is 1. The van der Waals surface area contributed by atoms with Crippen LogP contribution >= 0.6 is 23.2 Å². The Kier molecular flexibility index (Phi) is 4.98. The second-order valence-electron chi connectivity index (χ2n) is 6.99. The number of nitrogens with zero attached hydrogens (tertiary/aromatic N) is 2. The van der Waals surface area contributed by atoms with E-state index in [-0.39, 0.29) is 0 Å². The van der Waals surface area contributed by atoms with Crippen LogP contribution in [0.5, 0.6) is 0 Å². The number of H-pyrrole nitrogens is 1. The van der Waals surface area contributed by atoms with Gasteiger partial charge in [-0.2, -0.15) is 5.10 Å². The molecule has 0 aliphatic carbocycles. The fraction of sp³-hybridized carbons (Fsp3) is 0.350. The zero-order chi connectivity index (χ0) is 17.2. The number of fused-ring (bicyclic) bond motifs is 1. The molecule has 0 amide bonds. The molecule has 1 fully saturated rings. The van der Waals surface area contributed by atoms with E-state index >= 15 is 0 Å². The van der Waals surface area contributed by atoms with Gasteiger partial charge in [0, 0.05) is 18.5 Å². The second kappa shape index (κ2) is 7.36. The lowest BCUT2D eigenvalue weighted by Gasteiger charge is -2.33. The first kappa shape index (κ1) is 16.9. The molecular formula is C20H21Cl2N3. The van der Waals surface area contributed by atoms with Crippen LogP contribution in [-0.4, -0.2) is 28.2 Å². The molecule has 3 aromatic rings. The van der Waals surface area contributed by atoms with E-state index < -0.39 is 0 Å². The molecule has 1 saturated heterocycles. The first-order chi connectivity index (χ1) is 12.2. The molecule has 1 aliphatic heterocycles. The van der Waals surface area contributed by atoms with E-state index in [0.29, 0.717) is 16.0 Å². The maximum Gasteiger partial charge on any atom is 0.0650 e. The zero-order valence-corrected chi connectivity index (χ0v) is 15.5. The highest BCUT2D eigenvalue weighted by atomic mass is 35.5. The van der Waals surface area contributed by atoms with Crippen LogP contribution in [0.4, 0.5) is 0 Å². The summed E-state index contributed by atoms with van der Waals surface area (Å²) in [7, 11) is 0. The van der Waals surface area contributed by atoms with Gasteiger partial charge in [-0.25, -0.2) is 0 Å². The molecule has 1 aromatic heterocycles. The Hall–Kier alpha value is -1.55. The van der Waals surface area contributed by atoms with Crippen LogP contribution in [0.3, 0.4) is 0 Å². The van der Waals surface area contributed by atoms with Crippen molar-refractivity contribution in [2.45, 2.75) is 25.8 Å². The number of aromatic amines is 1. The van der Waals surface area contributed by atoms with Gasteiger partial charge >= 0.3 is 0 Å². The number of hydrogen-bond donors (Lipinski definition) is 1. The quantitative estimate of drug-likeness (QED) is 0.670. The van der Waals surface area contributed by atoms with Crippen molar-refractivity contribution in [3.8, 4) is 0 Å². The highest BCUT2D eigenvalue weighted by Gasteiger charge is 2.20. The third-order valence-corrected chi connectivity index (χ3v) is 5.76. The van der Waals surface area contributed by atoms with Crippen LogP contribution in [0, 0.1) is 5.92 Å². The van der Waals surface area contributed by atoms with Crippen molar-refractivity contribution in [3.63, 3.8) is 0 Å². The number of hydrogen-bond acceptors (Lipinski definition) is 2. The summed E-state index contributed by atoms with van der Waals surface area (Å²) in [5.41, 5.74) is 3.73. The third-order valence-electron chi connectivity index (χ3n) is 5.02. The van der Waals surface area contributed by atoms with Gasteiger partial charge in [-0.1, -0.05) is 35.3 Å². The zero-order valence-electron chi connectivity index (χ0n) is 14.0. The Bertz CT molecular complexity index is 874. The molecule has 0 saturated carbocycles. The lowest BCUT2D eigenvalue weighted by molar-refractivity contribution is 0.167. The summed E-state index contributed by atoms with van der Waals surface area (Å²) in [5.74, 6) is 0.695. The molecule has 1 aliphatic rings. The first-order valence-electron chi connectivity index (χ1n) is 8.76. The lowest BCUT2D eigenvalue weighted by atomic mass is 9.90. The van der Waals surface area contributed by atoms with Crippen molar-refractivity contribution in [1.29, 1.82) is 0 Å². The largest absolute Gasteiger partial charge is 0.299 e. The average Bonchev–Trinajstić information content (AvgIpc) is 3.06. The average molecular weight is 374 g/mol. The summed E-state index contributed by atoms with van der Waals surface area (Å²) in [6.07, 6.45) is 5.57. The minimum atomic E-state index is 0.622. The van der Waals surface area contributed by atoms with Crippen LogP contribution < -0.4 is 0 Å². The number of benzene rings is 2. The predicted octanol–water partition coefficient (Wildman–Crippen LogP) is 5.32. The van der Waals surface area contributed by atoms with Gasteiger partial charge in [-0.05, 0) is 67.1 Å². The standard InChI is InChI=1S/C20H21Cl2N3/c21-18-5-3-16(10-19(18)22)13-25-7-1-2-15(12-25)8-14-4-6-20-17(9-14)11-23-24-20/h3-6,9-11,15H,1-2,7-8,12-13H2,(H,23,24)/t15-/m0/s1. The molecule has 2 aromatic carbocycles. The van der Waals surface area contributed by atoms with Crippen LogP contribution in [-0.2, 0) is 13.0 Å². The second-order valence-corrected chi connectivity index (χ2v) is 7.80. The van der Waals surface area contributed by atoms with E-state index in [1.807, 2.05) is 18.3 Å². The minimum absolute atomic E-state index is 0.622. The molecule has 0 unspecified atom stereocenters. The summed E-state index contributed by atoms with van der Waals surface area (Å²) in [6, 6.07) is 12.6. The molecule has 1 atom stereocenters.